The average molecular weight is 595 g/mol. The Morgan fingerprint density at radius 2 is 1.36 bits per heavy atom. The van der Waals surface area contributed by atoms with Gasteiger partial charge in [-0.3, -0.25) is 0 Å². The first-order chi connectivity index (χ1) is 19.9. The monoisotopic (exact) mass is 594 g/mol. The topological polar surface area (TPSA) is 93.1 Å². The van der Waals surface area contributed by atoms with E-state index in [0.29, 0.717) is 17.6 Å². The van der Waals surface area contributed by atoms with Crippen LogP contribution in [0.5, 0.6) is 0 Å². The van der Waals surface area contributed by atoms with Crippen molar-refractivity contribution in [2.75, 3.05) is 13.2 Å². The van der Waals surface area contributed by atoms with E-state index in [-0.39, 0.29) is 32.3 Å². The van der Waals surface area contributed by atoms with Gasteiger partial charge < -0.3 is 19.7 Å². The van der Waals surface area contributed by atoms with Crippen LogP contribution in [0.25, 0.3) is 11.1 Å². The number of unbranched alkanes of at least 4 members (excludes halogenated alkanes) is 2. The quantitative estimate of drug-likeness (QED) is 0.0872. The molecule has 0 unspecified atom stereocenters. The van der Waals surface area contributed by atoms with Gasteiger partial charge in [-0.2, -0.15) is 0 Å². The molecular weight excluding hydrogens is 544 g/mol. The Morgan fingerprint density at radius 1 is 0.833 bits per heavy atom. The first kappa shape index (κ1) is 35.2. The lowest BCUT2D eigenvalue weighted by Gasteiger charge is -2.30. The highest BCUT2D eigenvalue weighted by atomic mass is 28.3. The summed E-state index contributed by atoms with van der Waals surface area (Å²) >= 11 is 0. The lowest BCUT2D eigenvalue weighted by atomic mass is 9.97. The lowest BCUT2D eigenvalue weighted by Crippen LogP contribution is -2.46. The minimum Gasteiger partial charge on any atom is -0.457 e. The summed E-state index contributed by atoms with van der Waals surface area (Å²) in [5, 5.41) is 20.2. The van der Waals surface area contributed by atoms with Gasteiger partial charge >= 0.3 is 11.9 Å². The molecule has 2 N–H and O–H groups in total. The van der Waals surface area contributed by atoms with E-state index >= 15 is 0 Å². The fourth-order valence-electron chi connectivity index (χ4n) is 5.21. The maximum atomic E-state index is 12.4. The molecule has 0 spiro atoms. The van der Waals surface area contributed by atoms with E-state index in [9.17, 15) is 19.8 Å². The van der Waals surface area contributed by atoms with E-state index in [2.05, 4.69) is 69.6 Å². The average Bonchev–Trinajstić information content (AvgIpc) is 2.96. The Kier molecular flexibility index (Phi) is 14.4. The molecule has 2 aromatic rings. The van der Waals surface area contributed by atoms with Crippen LogP contribution in [0.2, 0.25) is 19.1 Å². The molecule has 0 aromatic heterocycles. The van der Waals surface area contributed by atoms with Crippen molar-refractivity contribution in [1.29, 1.82) is 0 Å². The van der Waals surface area contributed by atoms with Crippen LogP contribution in [-0.4, -0.2) is 43.4 Å². The molecule has 6 nitrogen and oxygen atoms in total. The smallest absolute Gasteiger partial charge is 0.333 e. The van der Waals surface area contributed by atoms with Crippen molar-refractivity contribution in [2.45, 2.75) is 91.6 Å². The number of carbonyl (C=O) groups is 2. The second kappa shape index (κ2) is 17.2. The van der Waals surface area contributed by atoms with Gasteiger partial charge in [-0.15, -0.1) is 0 Å². The van der Waals surface area contributed by atoms with E-state index in [1.54, 1.807) is 13.8 Å². The van der Waals surface area contributed by atoms with Gasteiger partial charge in [-0.1, -0.05) is 82.7 Å². The van der Waals surface area contributed by atoms with Crippen LogP contribution in [-0.2, 0) is 38.7 Å². The molecule has 0 atom stereocenters. The van der Waals surface area contributed by atoms with E-state index < -0.39 is 20.0 Å². The number of rotatable bonds is 18. The number of esters is 2. The maximum absolute atomic E-state index is 12.4. The number of benzene rings is 2. The van der Waals surface area contributed by atoms with Crippen molar-refractivity contribution in [3.05, 3.63) is 77.4 Å². The first-order valence-corrected chi connectivity index (χ1v) is 18.3. The zero-order valence-corrected chi connectivity index (χ0v) is 27.3. The molecule has 7 heteroatoms. The number of hydrogen-bond acceptors (Lipinski definition) is 6. The second-order valence-electron chi connectivity index (χ2n) is 12.0. The molecule has 230 valence electrons. The normalized spacial score (nSPS) is 11.4. The Hall–Kier alpha value is -3.00. The number of ether oxygens (including phenoxy) is 2. The molecule has 42 heavy (non-hydrogen) atoms. The molecule has 0 amide bonds. The standard InChI is InChI=1S/C35H50O6Si/c1-8-9-10-12-27-14-16-29(17-15-27)30-19-31(23-40-34(38)25(2)3)33(32(20-30)24-41-35(39)26(4)5)42(6,7)18-11-13-28(21-36)22-37/h14-17,19-20,28,36-37H,2,4,8-13,18,21-24H2,1,3,5-7H3. The van der Waals surface area contributed by atoms with Gasteiger partial charge in [0.1, 0.15) is 13.2 Å². The number of aliphatic hydroxyl groups excluding tert-OH is 2. The summed E-state index contributed by atoms with van der Waals surface area (Å²) in [5.41, 5.74) is 5.75. The fraction of sp³-hybridized carbons (Fsp3) is 0.486. The largest absolute Gasteiger partial charge is 0.457 e. The van der Waals surface area contributed by atoms with Gasteiger partial charge in [0.05, 0.1) is 8.07 Å². The fourth-order valence-corrected chi connectivity index (χ4v) is 8.57. The minimum atomic E-state index is -2.20. The molecule has 2 rings (SSSR count). The van der Waals surface area contributed by atoms with Gasteiger partial charge in [0.15, 0.2) is 0 Å². The predicted octanol–water partition coefficient (Wildman–Crippen LogP) is 6.62. The van der Waals surface area contributed by atoms with Crippen LogP contribution in [0.4, 0.5) is 0 Å². The zero-order chi connectivity index (χ0) is 31.3. The molecule has 0 radical (unpaired) electrons. The third-order valence-corrected chi connectivity index (χ3v) is 11.3. The van der Waals surface area contributed by atoms with Gasteiger partial charge in [0.25, 0.3) is 0 Å². The summed E-state index contributed by atoms with van der Waals surface area (Å²) in [6.45, 7) is 17.5. The van der Waals surface area contributed by atoms with Crippen LogP contribution in [0.15, 0.2) is 60.7 Å². The highest BCUT2D eigenvalue weighted by Crippen LogP contribution is 2.28. The summed E-state index contributed by atoms with van der Waals surface area (Å²) in [6.07, 6.45) is 6.16. The summed E-state index contributed by atoms with van der Waals surface area (Å²) in [5.74, 6) is -1.05. The number of aliphatic hydroxyl groups is 2. The van der Waals surface area contributed by atoms with Crippen LogP contribution >= 0.6 is 0 Å². The van der Waals surface area contributed by atoms with Crippen LogP contribution < -0.4 is 5.19 Å². The minimum absolute atomic E-state index is 0.0468. The number of hydrogen-bond donors (Lipinski definition) is 2. The van der Waals surface area contributed by atoms with Crippen molar-refractivity contribution in [1.82, 2.24) is 0 Å². The van der Waals surface area contributed by atoms with Crippen LogP contribution in [0.1, 0.15) is 69.6 Å². The Balaban J connectivity index is 2.59. The van der Waals surface area contributed by atoms with E-state index in [4.69, 9.17) is 9.47 Å². The highest BCUT2D eigenvalue weighted by Gasteiger charge is 2.30. The molecule has 0 saturated heterocycles. The SMILES string of the molecule is C=C(C)C(=O)OCc1cc(-c2ccc(CCCCC)cc2)cc(COC(=O)C(=C)C)c1[Si](C)(C)CCCC(CO)CO. The Labute approximate surface area is 253 Å². The van der Waals surface area contributed by atoms with E-state index in [1.807, 2.05) is 0 Å². The number of aryl methyl sites for hydroxylation is 1. The predicted molar refractivity (Wildman–Crippen MR) is 173 cm³/mol. The first-order valence-electron chi connectivity index (χ1n) is 15.1. The second-order valence-corrected chi connectivity index (χ2v) is 16.8. The van der Waals surface area contributed by atoms with Gasteiger partial charge in [0.2, 0.25) is 0 Å². The summed E-state index contributed by atoms with van der Waals surface area (Å²) in [4.78, 5) is 24.9. The van der Waals surface area contributed by atoms with Crippen LogP contribution in [0, 0.1) is 5.92 Å². The molecule has 0 saturated carbocycles. The molecule has 0 aliphatic carbocycles. The zero-order valence-electron chi connectivity index (χ0n) is 26.3. The highest BCUT2D eigenvalue weighted by molar-refractivity contribution is 6.90. The van der Waals surface area contributed by atoms with Crippen molar-refractivity contribution in [3.8, 4) is 11.1 Å². The van der Waals surface area contributed by atoms with Crippen molar-refractivity contribution >= 4 is 25.2 Å². The number of carbonyl (C=O) groups excluding carboxylic acids is 2. The maximum Gasteiger partial charge on any atom is 0.333 e. The lowest BCUT2D eigenvalue weighted by molar-refractivity contribution is -0.140. The molecular formula is C35H50O6Si. The Bertz CT molecular complexity index is 1160. The Morgan fingerprint density at radius 3 is 1.81 bits per heavy atom. The van der Waals surface area contributed by atoms with Crippen molar-refractivity contribution in [3.63, 3.8) is 0 Å². The summed E-state index contributed by atoms with van der Waals surface area (Å²) in [7, 11) is -2.20. The molecule has 2 aromatic carbocycles. The van der Waals surface area contributed by atoms with Crippen LogP contribution in [0.3, 0.4) is 0 Å². The molecule has 0 aliphatic rings. The van der Waals surface area contributed by atoms with Gasteiger partial charge in [0, 0.05) is 30.3 Å². The third kappa shape index (κ3) is 10.7. The molecule has 0 heterocycles. The summed E-state index contributed by atoms with van der Waals surface area (Å²) in [6, 6.07) is 13.6. The third-order valence-electron chi connectivity index (χ3n) is 7.68. The van der Waals surface area contributed by atoms with E-state index in [0.717, 1.165) is 52.7 Å². The molecule has 0 aliphatic heterocycles. The molecule has 0 bridgehead atoms. The summed E-state index contributed by atoms with van der Waals surface area (Å²) < 4.78 is 11.4. The van der Waals surface area contributed by atoms with Gasteiger partial charge in [-0.25, -0.2) is 9.59 Å². The molecule has 0 fully saturated rings. The van der Waals surface area contributed by atoms with Crippen molar-refractivity contribution in [2.24, 2.45) is 5.92 Å². The van der Waals surface area contributed by atoms with Crippen molar-refractivity contribution < 1.29 is 29.3 Å². The van der Waals surface area contributed by atoms with Gasteiger partial charge in [-0.05, 0) is 78.2 Å². The van der Waals surface area contributed by atoms with E-state index in [1.165, 1.54) is 18.4 Å².